The number of nitrogens with zero attached hydrogens (tertiary/aromatic N) is 1. The van der Waals surface area contributed by atoms with E-state index in [-0.39, 0.29) is 24.4 Å². The molecule has 1 aromatic heterocycles. The Labute approximate surface area is 120 Å². The first-order chi connectivity index (χ1) is 8.57. The zero-order chi connectivity index (χ0) is 13.2. The largest absolute Gasteiger partial charge is 0.444 e. The van der Waals surface area contributed by atoms with Crippen LogP contribution in [-0.2, 0) is 4.79 Å². The number of carbonyl (C=O) groups is 1. The topological polar surface area (TPSA) is 67.2 Å². The van der Waals surface area contributed by atoms with Gasteiger partial charge in [-0.15, -0.1) is 12.4 Å². The molecule has 0 spiro atoms. The van der Waals surface area contributed by atoms with Gasteiger partial charge < -0.3 is 15.1 Å². The quantitative estimate of drug-likeness (QED) is 0.890. The zero-order valence-electron chi connectivity index (χ0n) is 11.7. The summed E-state index contributed by atoms with van der Waals surface area (Å²) >= 11 is 0. The van der Waals surface area contributed by atoms with Gasteiger partial charge in [-0.05, 0) is 39.7 Å². The highest BCUT2D eigenvalue weighted by Gasteiger charge is 2.39. The van der Waals surface area contributed by atoms with E-state index >= 15 is 0 Å². The van der Waals surface area contributed by atoms with Crippen molar-refractivity contribution >= 4 is 18.3 Å². The molecule has 5 nitrogen and oxygen atoms in total. The predicted molar refractivity (Wildman–Crippen MR) is 75.3 cm³/mol. The molecule has 1 aliphatic rings. The van der Waals surface area contributed by atoms with Crippen molar-refractivity contribution in [3.63, 3.8) is 0 Å². The molecule has 1 aliphatic heterocycles. The fourth-order valence-electron chi connectivity index (χ4n) is 2.43. The van der Waals surface area contributed by atoms with E-state index in [0.29, 0.717) is 5.89 Å². The number of hydrogen-bond donors (Lipinski definition) is 2. The standard InChI is InChI=1S/C13H21N3O2.ClH/c1-4-13(6-5-7-15-13)12(17)16-10(3)11-14-8-9(2)18-11;/h8,10,15H,4-7H2,1-3H3,(H,16,17);1H. The molecule has 1 amide bonds. The fourth-order valence-corrected chi connectivity index (χ4v) is 2.43. The Kier molecular flexibility index (Phi) is 5.38. The van der Waals surface area contributed by atoms with Crippen LogP contribution in [0, 0.1) is 6.92 Å². The molecular weight excluding hydrogens is 266 g/mol. The molecule has 2 heterocycles. The molecule has 1 saturated heterocycles. The summed E-state index contributed by atoms with van der Waals surface area (Å²) in [4.78, 5) is 16.5. The van der Waals surface area contributed by atoms with E-state index in [4.69, 9.17) is 4.42 Å². The van der Waals surface area contributed by atoms with Crippen molar-refractivity contribution in [1.82, 2.24) is 15.6 Å². The van der Waals surface area contributed by atoms with Gasteiger partial charge in [-0.2, -0.15) is 0 Å². The molecule has 2 atom stereocenters. The molecular formula is C13H22ClN3O2. The lowest BCUT2D eigenvalue weighted by Gasteiger charge is -2.27. The Bertz CT molecular complexity index is 427. The average molecular weight is 288 g/mol. The Morgan fingerprint density at radius 2 is 2.42 bits per heavy atom. The van der Waals surface area contributed by atoms with Crippen LogP contribution in [-0.4, -0.2) is 23.0 Å². The van der Waals surface area contributed by atoms with E-state index < -0.39 is 5.54 Å². The molecule has 2 unspecified atom stereocenters. The minimum Gasteiger partial charge on any atom is -0.444 e. The molecule has 2 N–H and O–H groups in total. The van der Waals surface area contributed by atoms with E-state index in [1.54, 1.807) is 6.20 Å². The van der Waals surface area contributed by atoms with Gasteiger partial charge in [0.15, 0.2) is 0 Å². The number of halogens is 1. The van der Waals surface area contributed by atoms with Gasteiger partial charge in [0.05, 0.1) is 11.7 Å². The molecule has 108 valence electrons. The van der Waals surface area contributed by atoms with Crippen LogP contribution in [0.5, 0.6) is 0 Å². The van der Waals surface area contributed by atoms with Gasteiger partial charge in [0.2, 0.25) is 11.8 Å². The third-order valence-electron chi connectivity index (χ3n) is 3.64. The van der Waals surface area contributed by atoms with Crippen molar-refractivity contribution in [2.24, 2.45) is 0 Å². The van der Waals surface area contributed by atoms with Gasteiger partial charge in [0, 0.05) is 0 Å². The summed E-state index contributed by atoms with van der Waals surface area (Å²) in [6, 6.07) is -0.197. The third kappa shape index (κ3) is 3.28. The van der Waals surface area contributed by atoms with Crippen LogP contribution in [0.15, 0.2) is 10.6 Å². The van der Waals surface area contributed by atoms with Crippen molar-refractivity contribution in [2.45, 2.75) is 51.6 Å². The second-order valence-electron chi connectivity index (χ2n) is 4.97. The van der Waals surface area contributed by atoms with Crippen LogP contribution in [0.1, 0.15) is 50.8 Å². The SMILES string of the molecule is CCC1(C(=O)NC(C)c2ncc(C)o2)CCCN1.Cl. The summed E-state index contributed by atoms with van der Waals surface area (Å²) in [5.41, 5.74) is -0.407. The second kappa shape index (κ2) is 6.39. The summed E-state index contributed by atoms with van der Waals surface area (Å²) < 4.78 is 5.43. The third-order valence-corrected chi connectivity index (χ3v) is 3.64. The zero-order valence-corrected chi connectivity index (χ0v) is 12.5. The highest BCUT2D eigenvalue weighted by atomic mass is 35.5. The maximum absolute atomic E-state index is 12.3. The lowest BCUT2D eigenvalue weighted by molar-refractivity contribution is -0.128. The number of aromatic nitrogens is 1. The molecule has 6 heteroatoms. The van der Waals surface area contributed by atoms with E-state index in [9.17, 15) is 4.79 Å². The van der Waals surface area contributed by atoms with Crippen molar-refractivity contribution in [1.29, 1.82) is 0 Å². The lowest BCUT2D eigenvalue weighted by Crippen LogP contribution is -2.53. The summed E-state index contributed by atoms with van der Waals surface area (Å²) in [5.74, 6) is 1.37. The minimum absolute atomic E-state index is 0. The van der Waals surface area contributed by atoms with Crippen LogP contribution in [0.25, 0.3) is 0 Å². The van der Waals surface area contributed by atoms with Gasteiger partial charge >= 0.3 is 0 Å². The second-order valence-corrected chi connectivity index (χ2v) is 4.97. The molecule has 0 bridgehead atoms. The van der Waals surface area contributed by atoms with E-state index in [1.807, 2.05) is 20.8 Å². The first-order valence-corrected chi connectivity index (χ1v) is 6.56. The Balaban J connectivity index is 0.00000180. The van der Waals surface area contributed by atoms with Crippen LogP contribution in [0.3, 0.4) is 0 Å². The number of aryl methyl sites for hydroxylation is 1. The molecule has 0 aromatic carbocycles. The molecule has 0 radical (unpaired) electrons. The molecule has 1 fully saturated rings. The summed E-state index contributed by atoms with van der Waals surface area (Å²) in [7, 11) is 0. The average Bonchev–Trinajstić information content (AvgIpc) is 2.97. The maximum atomic E-state index is 12.3. The van der Waals surface area contributed by atoms with Gasteiger partial charge in [0.1, 0.15) is 11.8 Å². The number of hydrogen-bond acceptors (Lipinski definition) is 4. The van der Waals surface area contributed by atoms with Crippen LogP contribution in [0.2, 0.25) is 0 Å². The highest BCUT2D eigenvalue weighted by Crippen LogP contribution is 2.24. The molecule has 0 aliphatic carbocycles. The van der Waals surface area contributed by atoms with Gasteiger partial charge in [-0.1, -0.05) is 6.92 Å². The fraction of sp³-hybridized carbons (Fsp3) is 0.692. The van der Waals surface area contributed by atoms with Crippen LogP contribution < -0.4 is 10.6 Å². The van der Waals surface area contributed by atoms with Crippen molar-refractivity contribution in [3.8, 4) is 0 Å². The molecule has 19 heavy (non-hydrogen) atoms. The summed E-state index contributed by atoms with van der Waals surface area (Å²) in [5, 5.41) is 6.30. The van der Waals surface area contributed by atoms with Crippen LogP contribution >= 0.6 is 12.4 Å². The number of rotatable bonds is 4. The summed E-state index contributed by atoms with van der Waals surface area (Å²) in [6.45, 7) is 6.68. The normalized spacial score (nSPS) is 23.7. The predicted octanol–water partition coefficient (Wildman–Crippen LogP) is 2.11. The first kappa shape index (κ1) is 16.0. The number of oxazole rings is 1. The smallest absolute Gasteiger partial charge is 0.240 e. The molecule has 0 saturated carbocycles. The Morgan fingerprint density at radius 3 is 2.89 bits per heavy atom. The van der Waals surface area contributed by atoms with Gasteiger partial charge in [-0.25, -0.2) is 4.98 Å². The highest BCUT2D eigenvalue weighted by molar-refractivity contribution is 5.86. The first-order valence-electron chi connectivity index (χ1n) is 6.56. The van der Waals surface area contributed by atoms with Crippen molar-refractivity contribution < 1.29 is 9.21 Å². The van der Waals surface area contributed by atoms with Crippen molar-refractivity contribution in [3.05, 3.63) is 17.8 Å². The van der Waals surface area contributed by atoms with E-state index in [0.717, 1.165) is 31.6 Å². The minimum atomic E-state index is -0.407. The monoisotopic (exact) mass is 287 g/mol. The van der Waals surface area contributed by atoms with Gasteiger partial charge in [-0.3, -0.25) is 4.79 Å². The number of carbonyl (C=O) groups excluding carboxylic acids is 1. The molecule has 2 rings (SSSR count). The van der Waals surface area contributed by atoms with Gasteiger partial charge in [0.25, 0.3) is 0 Å². The van der Waals surface area contributed by atoms with Crippen molar-refractivity contribution in [2.75, 3.05) is 6.54 Å². The molecule has 1 aromatic rings. The lowest BCUT2D eigenvalue weighted by atomic mass is 9.93. The summed E-state index contributed by atoms with van der Waals surface area (Å²) in [6.07, 6.45) is 4.41. The Hall–Kier alpha value is -1.07. The van der Waals surface area contributed by atoms with E-state index in [1.165, 1.54) is 0 Å². The number of nitrogens with one attached hydrogen (secondary N) is 2. The van der Waals surface area contributed by atoms with E-state index in [2.05, 4.69) is 15.6 Å². The Morgan fingerprint density at radius 1 is 1.68 bits per heavy atom. The number of amides is 1. The van der Waals surface area contributed by atoms with Crippen LogP contribution in [0.4, 0.5) is 0 Å². The maximum Gasteiger partial charge on any atom is 0.240 e.